The minimum Gasteiger partial charge on any atom is -0.491 e. The van der Waals surface area contributed by atoms with Gasteiger partial charge in [-0.15, -0.1) is 0 Å². The van der Waals surface area contributed by atoms with Gasteiger partial charge in [-0.2, -0.15) is 0 Å². The van der Waals surface area contributed by atoms with Crippen LogP contribution in [-0.2, 0) is 14.2 Å². The van der Waals surface area contributed by atoms with Gasteiger partial charge in [0, 0.05) is 19.6 Å². The fourth-order valence-electron chi connectivity index (χ4n) is 2.68. The molecule has 1 aliphatic heterocycles. The van der Waals surface area contributed by atoms with Crippen molar-refractivity contribution < 1.29 is 23.7 Å². The van der Waals surface area contributed by atoms with Crippen LogP contribution >= 0.6 is 0 Å². The van der Waals surface area contributed by atoms with Crippen LogP contribution < -0.4 is 4.74 Å². The summed E-state index contributed by atoms with van der Waals surface area (Å²) in [4.78, 5) is 11.5. The molecule has 5 nitrogen and oxygen atoms in total. The molecule has 0 spiro atoms. The minimum atomic E-state index is -0.344. The summed E-state index contributed by atoms with van der Waals surface area (Å²) >= 11 is 0. The average Bonchev–Trinajstić information content (AvgIpc) is 2.56. The molecular weight excluding hydrogens is 284 g/mol. The smallest absolute Gasteiger partial charge is 0.337 e. The highest BCUT2D eigenvalue weighted by molar-refractivity contribution is 5.89. The Labute approximate surface area is 131 Å². The summed E-state index contributed by atoms with van der Waals surface area (Å²) in [6.45, 7) is 3.94. The maximum Gasteiger partial charge on any atom is 0.337 e. The summed E-state index contributed by atoms with van der Waals surface area (Å²) in [6, 6.07) is 5.28. The Kier molecular flexibility index (Phi) is 6.21. The Hall–Kier alpha value is -1.59. The predicted octanol–water partition coefficient (Wildman–Crippen LogP) is 2.60. The van der Waals surface area contributed by atoms with Gasteiger partial charge >= 0.3 is 5.97 Å². The highest BCUT2D eigenvalue weighted by atomic mass is 16.5. The number of benzene rings is 1. The number of rotatable bonds is 6. The molecule has 1 fully saturated rings. The van der Waals surface area contributed by atoms with Crippen molar-refractivity contribution >= 4 is 5.97 Å². The Morgan fingerprint density at radius 1 is 1.41 bits per heavy atom. The lowest BCUT2D eigenvalue weighted by molar-refractivity contribution is -0.0456. The van der Waals surface area contributed by atoms with Crippen molar-refractivity contribution in [3.63, 3.8) is 0 Å². The number of ether oxygens (including phenoxy) is 4. The average molecular weight is 308 g/mol. The zero-order chi connectivity index (χ0) is 15.9. The zero-order valence-electron chi connectivity index (χ0n) is 13.5. The van der Waals surface area contributed by atoms with Gasteiger partial charge in [0.2, 0.25) is 0 Å². The molecule has 0 amide bonds. The van der Waals surface area contributed by atoms with E-state index in [0.717, 1.165) is 37.4 Å². The maximum absolute atomic E-state index is 11.5. The van der Waals surface area contributed by atoms with E-state index >= 15 is 0 Å². The molecule has 122 valence electrons. The molecule has 1 aliphatic rings. The van der Waals surface area contributed by atoms with Gasteiger partial charge < -0.3 is 18.9 Å². The van der Waals surface area contributed by atoms with Crippen LogP contribution in [0.1, 0.15) is 28.8 Å². The molecule has 0 radical (unpaired) electrons. The molecule has 1 heterocycles. The first-order chi connectivity index (χ1) is 10.7. The third-order valence-electron chi connectivity index (χ3n) is 4.02. The summed E-state index contributed by atoms with van der Waals surface area (Å²) < 4.78 is 21.7. The molecule has 0 aromatic heterocycles. The highest BCUT2D eigenvalue weighted by Crippen LogP contribution is 2.23. The molecule has 2 rings (SSSR count). The third-order valence-corrected chi connectivity index (χ3v) is 4.02. The summed E-state index contributed by atoms with van der Waals surface area (Å²) in [7, 11) is 3.08. The minimum absolute atomic E-state index is 0.0139. The number of methoxy groups -OCH3 is 2. The van der Waals surface area contributed by atoms with Crippen molar-refractivity contribution in [1.82, 2.24) is 0 Å². The molecule has 0 N–H and O–H groups in total. The van der Waals surface area contributed by atoms with Crippen LogP contribution in [0.5, 0.6) is 5.75 Å². The van der Waals surface area contributed by atoms with Crippen LogP contribution in [0.3, 0.4) is 0 Å². The fraction of sp³-hybridized carbons (Fsp3) is 0.588. The van der Waals surface area contributed by atoms with Gasteiger partial charge in [0.25, 0.3) is 0 Å². The second-order valence-corrected chi connectivity index (χ2v) is 5.53. The Bertz CT molecular complexity index is 494. The van der Waals surface area contributed by atoms with Gasteiger partial charge in [0.05, 0.1) is 25.4 Å². The van der Waals surface area contributed by atoms with Crippen molar-refractivity contribution in [3.8, 4) is 5.75 Å². The highest BCUT2D eigenvalue weighted by Gasteiger charge is 2.25. The Morgan fingerprint density at radius 3 is 2.82 bits per heavy atom. The lowest BCUT2D eigenvalue weighted by Gasteiger charge is -2.29. The van der Waals surface area contributed by atoms with Gasteiger partial charge in [-0.05, 0) is 43.5 Å². The third kappa shape index (κ3) is 4.21. The van der Waals surface area contributed by atoms with Crippen LogP contribution in [0.15, 0.2) is 18.2 Å². The van der Waals surface area contributed by atoms with Crippen LogP contribution in [0.2, 0.25) is 0 Å². The molecule has 1 aromatic carbocycles. The van der Waals surface area contributed by atoms with E-state index in [1.54, 1.807) is 25.3 Å². The Morgan fingerprint density at radius 2 is 2.23 bits per heavy atom. The molecule has 1 aromatic rings. The second-order valence-electron chi connectivity index (χ2n) is 5.53. The SMILES string of the molecule is COC(=O)c1ccc(OCC(OC)C2CCCOC2)c(C)c1. The van der Waals surface area contributed by atoms with Crippen LogP contribution in [0.4, 0.5) is 0 Å². The fourth-order valence-corrected chi connectivity index (χ4v) is 2.68. The van der Waals surface area contributed by atoms with E-state index in [4.69, 9.17) is 18.9 Å². The molecule has 0 saturated carbocycles. The van der Waals surface area contributed by atoms with Gasteiger partial charge in [-0.3, -0.25) is 0 Å². The van der Waals surface area contributed by atoms with Gasteiger partial charge in [0.15, 0.2) is 0 Å². The first-order valence-corrected chi connectivity index (χ1v) is 7.58. The van der Waals surface area contributed by atoms with Crippen molar-refractivity contribution in [3.05, 3.63) is 29.3 Å². The quantitative estimate of drug-likeness (QED) is 0.756. The van der Waals surface area contributed by atoms with Crippen molar-refractivity contribution in [2.45, 2.75) is 25.9 Å². The number of aryl methyl sites for hydroxylation is 1. The molecule has 2 atom stereocenters. The maximum atomic E-state index is 11.5. The zero-order valence-corrected chi connectivity index (χ0v) is 13.5. The van der Waals surface area contributed by atoms with E-state index in [9.17, 15) is 4.79 Å². The normalized spacial score (nSPS) is 19.5. The molecule has 0 bridgehead atoms. The molecule has 22 heavy (non-hydrogen) atoms. The number of hydrogen-bond donors (Lipinski definition) is 0. The Balaban J connectivity index is 1.96. The molecular formula is C17H24O5. The number of esters is 1. The largest absolute Gasteiger partial charge is 0.491 e. The van der Waals surface area contributed by atoms with Gasteiger partial charge in [-0.25, -0.2) is 4.79 Å². The van der Waals surface area contributed by atoms with Crippen molar-refractivity contribution in [2.24, 2.45) is 5.92 Å². The van der Waals surface area contributed by atoms with E-state index in [1.165, 1.54) is 7.11 Å². The lowest BCUT2D eigenvalue weighted by Crippen LogP contribution is -2.35. The van der Waals surface area contributed by atoms with Crippen molar-refractivity contribution in [2.75, 3.05) is 34.0 Å². The van der Waals surface area contributed by atoms with E-state index in [2.05, 4.69) is 0 Å². The summed E-state index contributed by atoms with van der Waals surface area (Å²) in [5, 5.41) is 0. The van der Waals surface area contributed by atoms with E-state index in [0.29, 0.717) is 18.1 Å². The van der Waals surface area contributed by atoms with Crippen molar-refractivity contribution in [1.29, 1.82) is 0 Å². The van der Waals surface area contributed by atoms with E-state index < -0.39 is 0 Å². The topological polar surface area (TPSA) is 54.0 Å². The van der Waals surface area contributed by atoms with Crippen LogP contribution in [-0.4, -0.2) is 46.1 Å². The van der Waals surface area contributed by atoms with Crippen LogP contribution in [0.25, 0.3) is 0 Å². The first-order valence-electron chi connectivity index (χ1n) is 7.58. The van der Waals surface area contributed by atoms with E-state index in [1.807, 2.05) is 6.92 Å². The van der Waals surface area contributed by atoms with Crippen LogP contribution in [0, 0.1) is 12.8 Å². The summed E-state index contributed by atoms with van der Waals surface area (Å²) in [5.74, 6) is 0.781. The number of hydrogen-bond acceptors (Lipinski definition) is 5. The monoisotopic (exact) mass is 308 g/mol. The summed E-state index contributed by atoms with van der Waals surface area (Å²) in [6.07, 6.45) is 2.18. The van der Waals surface area contributed by atoms with E-state index in [-0.39, 0.29) is 12.1 Å². The lowest BCUT2D eigenvalue weighted by atomic mass is 9.96. The molecule has 2 unspecified atom stereocenters. The molecule has 5 heteroatoms. The standard InChI is InChI=1S/C17H24O5/c1-12-9-13(17(18)20-3)6-7-15(12)22-11-16(19-2)14-5-4-8-21-10-14/h6-7,9,14,16H,4-5,8,10-11H2,1-3H3. The van der Waals surface area contributed by atoms with Gasteiger partial charge in [-0.1, -0.05) is 0 Å². The number of carbonyl (C=O) groups excluding carboxylic acids is 1. The molecule has 1 saturated heterocycles. The molecule has 0 aliphatic carbocycles. The number of carbonyl (C=O) groups is 1. The first kappa shape index (κ1) is 16.8. The second kappa shape index (κ2) is 8.15. The summed E-state index contributed by atoms with van der Waals surface area (Å²) in [5.41, 5.74) is 1.42. The van der Waals surface area contributed by atoms with Gasteiger partial charge in [0.1, 0.15) is 12.4 Å². The predicted molar refractivity (Wildman–Crippen MR) is 82.4 cm³/mol.